The molecule has 0 bridgehead atoms. The standard InChI is InChI=1S/C13H13N3O2S/c1-3-6-14-11(17)12(18)16-13-15-9-5-4-8(2)7-10(9)19-13/h3-5,7H,1,6H2,2H3,(H,14,17)(H,15,16,18). The monoisotopic (exact) mass is 275 g/mol. The van der Waals surface area contributed by atoms with Crippen molar-refractivity contribution in [1.29, 1.82) is 0 Å². The van der Waals surface area contributed by atoms with Gasteiger partial charge in [-0.1, -0.05) is 23.5 Å². The zero-order valence-corrected chi connectivity index (χ0v) is 11.2. The number of nitrogens with one attached hydrogen (secondary N) is 2. The Bertz CT molecular complexity index is 648. The Morgan fingerprint density at radius 1 is 1.42 bits per heavy atom. The van der Waals surface area contributed by atoms with Crippen molar-refractivity contribution in [3.05, 3.63) is 36.4 Å². The maximum absolute atomic E-state index is 11.6. The number of fused-ring (bicyclic) bond motifs is 1. The van der Waals surface area contributed by atoms with E-state index in [1.54, 1.807) is 0 Å². The number of carbonyl (C=O) groups is 2. The molecule has 0 atom stereocenters. The molecule has 2 aromatic rings. The second kappa shape index (κ2) is 5.62. The minimum atomic E-state index is -0.724. The van der Waals surface area contributed by atoms with Crippen LogP contribution in [0.25, 0.3) is 10.2 Å². The number of hydrogen-bond donors (Lipinski definition) is 2. The summed E-state index contributed by atoms with van der Waals surface area (Å²) in [6, 6.07) is 5.82. The van der Waals surface area contributed by atoms with E-state index in [4.69, 9.17) is 0 Å². The lowest BCUT2D eigenvalue weighted by atomic mass is 10.2. The second-order valence-corrected chi connectivity index (χ2v) is 4.97. The number of aryl methyl sites for hydroxylation is 1. The van der Waals surface area contributed by atoms with Gasteiger partial charge in [-0.15, -0.1) is 6.58 Å². The number of rotatable bonds is 3. The fourth-order valence-corrected chi connectivity index (χ4v) is 2.44. The molecule has 0 aliphatic rings. The number of aromatic nitrogens is 1. The van der Waals surface area contributed by atoms with Crippen LogP contribution >= 0.6 is 11.3 Å². The van der Waals surface area contributed by atoms with Gasteiger partial charge < -0.3 is 5.32 Å². The first kappa shape index (κ1) is 13.2. The topological polar surface area (TPSA) is 71.1 Å². The average Bonchev–Trinajstić information content (AvgIpc) is 2.77. The van der Waals surface area contributed by atoms with E-state index in [0.717, 1.165) is 15.8 Å². The van der Waals surface area contributed by atoms with Crippen LogP contribution in [0.2, 0.25) is 0 Å². The van der Waals surface area contributed by atoms with Crippen molar-refractivity contribution in [3.8, 4) is 0 Å². The van der Waals surface area contributed by atoms with Crippen LogP contribution in [0.15, 0.2) is 30.9 Å². The highest BCUT2D eigenvalue weighted by atomic mass is 32.1. The lowest BCUT2D eigenvalue weighted by Crippen LogP contribution is -2.35. The van der Waals surface area contributed by atoms with Crippen molar-refractivity contribution in [3.63, 3.8) is 0 Å². The van der Waals surface area contributed by atoms with E-state index in [1.807, 2.05) is 25.1 Å². The first-order chi connectivity index (χ1) is 9.10. The Morgan fingerprint density at radius 2 is 2.21 bits per heavy atom. The van der Waals surface area contributed by atoms with Gasteiger partial charge in [-0.3, -0.25) is 14.9 Å². The third kappa shape index (κ3) is 3.17. The molecular formula is C13H13N3O2S. The molecule has 6 heteroatoms. The lowest BCUT2D eigenvalue weighted by molar-refractivity contribution is -0.136. The molecule has 1 aromatic heterocycles. The quantitative estimate of drug-likeness (QED) is 0.663. The zero-order valence-electron chi connectivity index (χ0n) is 10.4. The molecular weight excluding hydrogens is 262 g/mol. The molecule has 1 aromatic carbocycles. The summed E-state index contributed by atoms with van der Waals surface area (Å²) in [7, 11) is 0. The van der Waals surface area contributed by atoms with E-state index in [1.165, 1.54) is 17.4 Å². The van der Waals surface area contributed by atoms with Gasteiger partial charge in [-0.2, -0.15) is 0 Å². The predicted octanol–water partition coefficient (Wildman–Crippen LogP) is 1.85. The van der Waals surface area contributed by atoms with Gasteiger partial charge in [0.1, 0.15) is 0 Å². The maximum Gasteiger partial charge on any atom is 0.315 e. The van der Waals surface area contributed by atoms with Crippen molar-refractivity contribution in [2.24, 2.45) is 0 Å². The molecule has 2 N–H and O–H groups in total. The van der Waals surface area contributed by atoms with Crippen LogP contribution in [-0.2, 0) is 9.59 Å². The minimum absolute atomic E-state index is 0.255. The molecule has 2 rings (SSSR count). The molecule has 19 heavy (non-hydrogen) atoms. The molecule has 0 aliphatic heterocycles. The summed E-state index contributed by atoms with van der Waals surface area (Å²) >= 11 is 1.34. The maximum atomic E-state index is 11.6. The largest absolute Gasteiger partial charge is 0.344 e. The number of thiazole rings is 1. The van der Waals surface area contributed by atoms with Crippen LogP contribution < -0.4 is 10.6 Å². The van der Waals surface area contributed by atoms with Crippen LogP contribution in [0, 0.1) is 6.92 Å². The van der Waals surface area contributed by atoms with Gasteiger partial charge in [-0.05, 0) is 24.6 Å². The number of nitrogens with zero attached hydrogens (tertiary/aromatic N) is 1. The molecule has 0 radical (unpaired) electrons. The van der Waals surface area contributed by atoms with Gasteiger partial charge in [0.2, 0.25) is 0 Å². The summed E-state index contributed by atoms with van der Waals surface area (Å²) in [5.41, 5.74) is 1.93. The van der Waals surface area contributed by atoms with Gasteiger partial charge >= 0.3 is 11.8 Å². The number of carbonyl (C=O) groups excluding carboxylic acids is 2. The van der Waals surface area contributed by atoms with Crippen LogP contribution in [0.3, 0.4) is 0 Å². The minimum Gasteiger partial charge on any atom is -0.344 e. The summed E-state index contributed by atoms with van der Waals surface area (Å²) in [6.45, 7) is 5.70. The van der Waals surface area contributed by atoms with Crippen molar-refractivity contribution in [1.82, 2.24) is 10.3 Å². The second-order valence-electron chi connectivity index (χ2n) is 3.94. The fraction of sp³-hybridized carbons (Fsp3) is 0.154. The van der Waals surface area contributed by atoms with Crippen LogP contribution in [-0.4, -0.2) is 23.3 Å². The molecule has 0 unspecified atom stereocenters. The number of amides is 2. The van der Waals surface area contributed by atoms with E-state index >= 15 is 0 Å². The smallest absolute Gasteiger partial charge is 0.315 e. The van der Waals surface area contributed by atoms with Gasteiger partial charge in [0.15, 0.2) is 5.13 Å². The van der Waals surface area contributed by atoms with E-state index in [2.05, 4.69) is 22.2 Å². The Hall–Kier alpha value is -2.21. The molecule has 1 heterocycles. The van der Waals surface area contributed by atoms with Gasteiger partial charge in [0.05, 0.1) is 10.2 Å². The van der Waals surface area contributed by atoms with Gasteiger partial charge in [0.25, 0.3) is 0 Å². The summed E-state index contributed by atoms with van der Waals surface area (Å²) in [6.07, 6.45) is 1.51. The number of hydrogen-bond acceptors (Lipinski definition) is 4. The zero-order chi connectivity index (χ0) is 13.8. The van der Waals surface area contributed by atoms with Crippen LogP contribution in [0.1, 0.15) is 5.56 Å². The van der Waals surface area contributed by atoms with E-state index in [-0.39, 0.29) is 6.54 Å². The number of anilines is 1. The summed E-state index contributed by atoms with van der Waals surface area (Å²) in [5, 5.41) is 5.30. The van der Waals surface area contributed by atoms with Crippen molar-refractivity contribution in [2.75, 3.05) is 11.9 Å². The summed E-state index contributed by atoms with van der Waals surface area (Å²) in [5.74, 6) is -1.42. The Morgan fingerprint density at radius 3 is 2.95 bits per heavy atom. The third-order valence-electron chi connectivity index (χ3n) is 2.38. The Labute approximate surface area is 114 Å². The van der Waals surface area contributed by atoms with E-state index in [9.17, 15) is 9.59 Å². The van der Waals surface area contributed by atoms with Crippen LogP contribution in [0.4, 0.5) is 5.13 Å². The highest BCUT2D eigenvalue weighted by molar-refractivity contribution is 7.22. The highest BCUT2D eigenvalue weighted by Gasteiger charge is 2.14. The number of benzene rings is 1. The highest BCUT2D eigenvalue weighted by Crippen LogP contribution is 2.26. The lowest BCUT2D eigenvalue weighted by Gasteiger charge is -2.00. The summed E-state index contributed by atoms with van der Waals surface area (Å²) in [4.78, 5) is 27.2. The molecule has 0 saturated carbocycles. The van der Waals surface area contributed by atoms with Crippen molar-refractivity contribution >= 4 is 38.5 Å². The van der Waals surface area contributed by atoms with Crippen molar-refractivity contribution in [2.45, 2.75) is 6.92 Å². The Kier molecular flexibility index (Phi) is 3.91. The van der Waals surface area contributed by atoms with Crippen molar-refractivity contribution < 1.29 is 9.59 Å². The molecule has 0 spiro atoms. The van der Waals surface area contributed by atoms with Gasteiger partial charge in [-0.25, -0.2) is 4.98 Å². The summed E-state index contributed by atoms with van der Waals surface area (Å²) < 4.78 is 0.974. The molecule has 0 aliphatic carbocycles. The van der Waals surface area contributed by atoms with Gasteiger partial charge in [0, 0.05) is 6.54 Å². The SMILES string of the molecule is C=CCNC(=O)C(=O)Nc1nc2ccc(C)cc2s1. The third-order valence-corrected chi connectivity index (χ3v) is 3.31. The van der Waals surface area contributed by atoms with E-state index in [0.29, 0.717) is 5.13 Å². The molecule has 0 fully saturated rings. The molecule has 98 valence electrons. The predicted molar refractivity (Wildman–Crippen MR) is 76.2 cm³/mol. The molecule has 0 saturated heterocycles. The van der Waals surface area contributed by atoms with Crippen LogP contribution in [0.5, 0.6) is 0 Å². The average molecular weight is 275 g/mol. The Balaban J connectivity index is 2.10. The molecule has 5 nitrogen and oxygen atoms in total. The first-order valence-corrected chi connectivity index (χ1v) is 6.49. The fourth-order valence-electron chi connectivity index (χ4n) is 1.48. The first-order valence-electron chi connectivity index (χ1n) is 5.67. The normalized spacial score (nSPS) is 10.2. The van der Waals surface area contributed by atoms with E-state index < -0.39 is 11.8 Å². The molecule has 2 amide bonds.